The van der Waals surface area contributed by atoms with Crippen molar-refractivity contribution in [3.8, 4) is 17.0 Å². The molecule has 1 amide bonds. The van der Waals surface area contributed by atoms with Crippen molar-refractivity contribution in [3.05, 3.63) is 75.2 Å². The van der Waals surface area contributed by atoms with Crippen LogP contribution in [0.1, 0.15) is 11.1 Å². The fourth-order valence-electron chi connectivity index (χ4n) is 2.66. The van der Waals surface area contributed by atoms with Gasteiger partial charge >= 0.3 is 6.09 Å². The molecule has 3 aromatic rings. The molecule has 3 rings (SSSR count). The van der Waals surface area contributed by atoms with Gasteiger partial charge in [-0.05, 0) is 65.4 Å². The highest BCUT2D eigenvalue weighted by atomic mass is 127. The Morgan fingerprint density at radius 1 is 1.21 bits per heavy atom. The van der Waals surface area contributed by atoms with Gasteiger partial charge in [0, 0.05) is 17.3 Å². The highest BCUT2D eigenvalue weighted by Crippen LogP contribution is 2.29. The Balaban J connectivity index is 1.78. The van der Waals surface area contributed by atoms with Gasteiger partial charge in [0.2, 0.25) is 0 Å². The number of hydrogen-bond donors (Lipinski definition) is 1. The van der Waals surface area contributed by atoms with Crippen LogP contribution in [0.4, 0.5) is 14.9 Å². The van der Waals surface area contributed by atoms with E-state index in [4.69, 9.17) is 4.74 Å². The number of nitrogens with one attached hydrogen (secondary N) is 1. The van der Waals surface area contributed by atoms with Gasteiger partial charge in [-0.3, -0.25) is 10.3 Å². The number of benzene rings is 2. The van der Waals surface area contributed by atoms with E-state index in [9.17, 15) is 9.18 Å². The van der Waals surface area contributed by atoms with Crippen molar-refractivity contribution in [3.63, 3.8) is 0 Å². The lowest BCUT2D eigenvalue weighted by molar-refractivity contribution is 0.187. The molecule has 1 heterocycles. The Kier molecular flexibility index (Phi) is 6.45. The summed E-state index contributed by atoms with van der Waals surface area (Å²) in [6.07, 6.45) is 1.05. The zero-order chi connectivity index (χ0) is 20.1. The Hall–Kier alpha value is -2.68. The van der Waals surface area contributed by atoms with Gasteiger partial charge in [0.15, 0.2) is 5.82 Å². The van der Waals surface area contributed by atoms with E-state index in [0.717, 1.165) is 11.1 Å². The molecule has 0 fully saturated rings. The van der Waals surface area contributed by atoms with Crippen molar-refractivity contribution < 1.29 is 18.7 Å². The van der Waals surface area contributed by atoms with Crippen LogP contribution in [0, 0.1) is 16.3 Å². The lowest BCUT2D eigenvalue weighted by atomic mass is 10.1. The van der Waals surface area contributed by atoms with Crippen molar-refractivity contribution in [2.75, 3.05) is 12.4 Å². The Bertz CT molecular complexity index is 1010. The number of methoxy groups -OCH3 is 1. The maximum atomic E-state index is 14.3. The van der Waals surface area contributed by atoms with E-state index in [1.807, 2.05) is 53.8 Å². The molecule has 0 radical (unpaired) electrons. The van der Waals surface area contributed by atoms with E-state index in [1.165, 1.54) is 7.11 Å². The predicted octanol–water partition coefficient (Wildman–Crippen LogP) is 5.56. The number of aromatic nitrogens is 1. The molecule has 0 spiro atoms. The minimum absolute atomic E-state index is 0.260. The molecule has 0 aliphatic carbocycles. The average molecular weight is 492 g/mol. The Labute approximate surface area is 176 Å². The number of pyridine rings is 1. The highest BCUT2D eigenvalue weighted by molar-refractivity contribution is 14.1. The summed E-state index contributed by atoms with van der Waals surface area (Å²) in [6, 6.07) is 14.4. The third-order valence-corrected chi connectivity index (χ3v) is 4.95. The molecule has 0 saturated heterocycles. The van der Waals surface area contributed by atoms with Crippen molar-refractivity contribution >= 4 is 34.4 Å². The molecular formula is C21H18FIN2O3. The van der Waals surface area contributed by atoms with Crippen LogP contribution in [0.3, 0.4) is 0 Å². The third-order valence-electron chi connectivity index (χ3n) is 4.11. The lowest BCUT2D eigenvalue weighted by Gasteiger charge is -2.14. The number of aryl methyl sites for hydroxylation is 1. The molecule has 0 bridgehead atoms. The maximum Gasteiger partial charge on any atom is 0.411 e. The number of carbonyl (C=O) groups excluding carboxylic acids is 1. The molecule has 0 aliphatic heterocycles. The Morgan fingerprint density at radius 3 is 2.75 bits per heavy atom. The van der Waals surface area contributed by atoms with Gasteiger partial charge in [0.25, 0.3) is 0 Å². The van der Waals surface area contributed by atoms with E-state index in [1.54, 1.807) is 30.5 Å². The number of ether oxygens (including phenoxy) is 2. The molecule has 0 unspecified atom stereocenters. The van der Waals surface area contributed by atoms with E-state index >= 15 is 0 Å². The average Bonchev–Trinajstić information content (AvgIpc) is 2.70. The number of halogens is 2. The highest BCUT2D eigenvalue weighted by Gasteiger charge is 2.12. The van der Waals surface area contributed by atoms with Gasteiger partial charge in [-0.1, -0.05) is 18.2 Å². The normalized spacial score (nSPS) is 10.4. The van der Waals surface area contributed by atoms with E-state index in [-0.39, 0.29) is 12.4 Å². The summed E-state index contributed by atoms with van der Waals surface area (Å²) in [5.41, 5.74) is 3.29. The summed E-state index contributed by atoms with van der Waals surface area (Å²) in [4.78, 5) is 15.6. The van der Waals surface area contributed by atoms with Crippen LogP contribution in [0.5, 0.6) is 5.75 Å². The van der Waals surface area contributed by atoms with Crippen LogP contribution >= 0.6 is 22.6 Å². The fourth-order valence-corrected chi connectivity index (χ4v) is 3.08. The Morgan fingerprint density at radius 2 is 2.00 bits per heavy atom. The smallest absolute Gasteiger partial charge is 0.411 e. The van der Waals surface area contributed by atoms with Crippen molar-refractivity contribution in [2.45, 2.75) is 13.5 Å². The zero-order valence-electron chi connectivity index (χ0n) is 15.3. The first kappa shape index (κ1) is 20.1. The van der Waals surface area contributed by atoms with Crippen LogP contribution in [0.25, 0.3) is 11.3 Å². The summed E-state index contributed by atoms with van der Waals surface area (Å²) >= 11 is 1.95. The number of nitrogens with zero attached hydrogens (tertiary/aromatic N) is 1. The second-order valence-corrected chi connectivity index (χ2v) is 7.16. The molecule has 2 aromatic carbocycles. The van der Waals surface area contributed by atoms with Gasteiger partial charge in [0.05, 0.1) is 16.4 Å². The molecule has 0 atom stereocenters. The summed E-state index contributed by atoms with van der Waals surface area (Å²) in [6.45, 7) is 2.15. The topological polar surface area (TPSA) is 60.5 Å². The fraction of sp³-hybridized carbons (Fsp3) is 0.143. The summed E-state index contributed by atoms with van der Waals surface area (Å²) in [5, 5.41) is 2.66. The molecule has 144 valence electrons. The van der Waals surface area contributed by atoms with Crippen molar-refractivity contribution in [1.29, 1.82) is 0 Å². The standard InChI is InChI=1S/C21H18FIN2O3/c1-13-11-14(20-19(22)16(23)9-10-24-20)7-8-18(13)28-12-15-5-3-4-6-17(15)25-21(26)27-2/h3-11H,12H2,1-2H3,(H,25,26). The zero-order valence-corrected chi connectivity index (χ0v) is 17.5. The molecular weight excluding hydrogens is 474 g/mol. The van der Waals surface area contributed by atoms with Crippen LogP contribution in [0.2, 0.25) is 0 Å². The van der Waals surface area contributed by atoms with E-state index in [0.29, 0.717) is 26.3 Å². The van der Waals surface area contributed by atoms with Gasteiger partial charge in [-0.15, -0.1) is 0 Å². The summed E-state index contributed by atoms with van der Waals surface area (Å²) in [5.74, 6) is 0.335. The second kappa shape index (κ2) is 9.01. The largest absolute Gasteiger partial charge is 0.489 e. The number of hydrogen-bond acceptors (Lipinski definition) is 4. The molecule has 1 aromatic heterocycles. The van der Waals surface area contributed by atoms with Crippen LogP contribution in [-0.4, -0.2) is 18.2 Å². The van der Waals surface area contributed by atoms with Gasteiger partial charge in [-0.2, -0.15) is 0 Å². The number of amides is 1. The van der Waals surface area contributed by atoms with E-state index < -0.39 is 6.09 Å². The molecule has 28 heavy (non-hydrogen) atoms. The van der Waals surface area contributed by atoms with E-state index in [2.05, 4.69) is 15.0 Å². The number of rotatable bonds is 5. The second-order valence-electron chi connectivity index (χ2n) is 6.00. The summed E-state index contributed by atoms with van der Waals surface area (Å²) in [7, 11) is 1.31. The molecule has 0 saturated carbocycles. The first-order valence-corrected chi connectivity index (χ1v) is 9.54. The first-order chi connectivity index (χ1) is 13.5. The molecule has 5 nitrogen and oxygen atoms in total. The van der Waals surface area contributed by atoms with Crippen LogP contribution < -0.4 is 10.1 Å². The minimum Gasteiger partial charge on any atom is -0.489 e. The monoisotopic (exact) mass is 492 g/mol. The van der Waals surface area contributed by atoms with Gasteiger partial charge in [0.1, 0.15) is 18.1 Å². The van der Waals surface area contributed by atoms with Crippen LogP contribution in [0.15, 0.2) is 54.7 Å². The quantitative estimate of drug-likeness (QED) is 0.474. The maximum absolute atomic E-state index is 14.3. The van der Waals surface area contributed by atoms with Crippen LogP contribution in [-0.2, 0) is 11.3 Å². The SMILES string of the molecule is COC(=O)Nc1ccccc1COc1ccc(-c2nccc(I)c2F)cc1C. The summed E-state index contributed by atoms with van der Waals surface area (Å²) < 4.78 is 25.4. The van der Waals surface area contributed by atoms with Crippen molar-refractivity contribution in [1.82, 2.24) is 4.98 Å². The minimum atomic E-state index is -0.542. The number of carbonyl (C=O) groups is 1. The first-order valence-electron chi connectivity index (χ1n) is 8.46. The third kappa shape index (κ3) is 4.59. The van der Waals surface area contributed by atoms with Gasteiger partial charge in [-0.25, -0.2) is 9.18 Å². The predicted molar refractivity (Wildman–Crippen MR) is 114 cm³/mol. The molecule has 7 heteroatoms. The number of anilines is 1. The molecule has 0 aliphatic rings. The molecule has 1 N–H and O–H groups in total. The van der Waals surface area contributed by atoms with Gasteiger partial charge < -0.3 is 9.47 Å². The number of para-hydroxylation sites is 1. The van der Waals surface area contributed by atoms with Crippen molar-refractivity contribution in [2.24, 2.45) is 0 Å². The lowest BCUT2D eigenvalue weighted by Crippen LogP contribution is -2.13.